The van der Waals surface area contributed by atoms with Gasteiger partial charge in [-0.3, -0.25) is 4.90 Å². The van der Waals surface area contributed by atoms with E-state index >= 15 is 4.39 Å². The summed E-state index contributed by atoms with van der Waals surface area (Å²) in [5.74, 6) is 0.108. The fourth-order valence-electron chi connectivity index (χ4n) is 8.37. The standard InChI is InChI=1S/C34H38F2N6O2/c1-3-20-6-4-7-21-12-25(43)13-26(28(20)21)30-29(36)31-27(19(2)37-30)32(41-16-23-8-9-24(17-41)38-23)40-33(39-31)44-18-34-10-5-11-42(34)15-22(35)14-34/h4,6-7,12-13,22-24,38,43H,3,5,8-11,14-18H2,1-2H3/t22-,23?,24?,34+/m1/s1. The lowest BCUT2D eigenvalue weighted by Gasteiger charge is -2.35. The Morgan fingerprint density at radius 2 is 1.91 bits per heavy atom. The third-order valence-corrected chi connectivity index (χ3v) is 10.4. The number of benzene rings is 2. The number of halogens is 2. The van der Waals surface area contributed by atoms with E-state index in [1.54, 1.807) is 12.1 Å². The molecule has 0 amide bonds. The van der Waals surface area contributed by atoms with E-state index in [1.807, 2.05) is 25.1 Å². The van der Waals surface area contributed by atoms with Crippen LogP contribution in [-0.2, 0) is 6.42 Å². The number of hydrogen-bond acceptors (Lipinski definition) is 8. The van der Waals surface area contributed by atoms with Crippen LogP contribution in [-0.4, -0.2) is 81.5 Å². The number of fused-ring (bicyclic) bond motifs is 5. The molecule has 0 saturated carbocycles. The number of aromatic hydroxyl groups is 1. The van der Waals surface area contributed by atoms with Gasteiger partial charge in [0.2, 0.25) is 0 Å². The molecule has 4 saturated heterocycles. The van der Waals surface area contributed by atoms with E-state index in [0.717, 1.165) is 68.1 Å². The highest BCUT2D eigenvalue weighted by molar-refractivity contribution is 6.02. The van der Waals surface area contributed by atoms with Gasteiger partial charge in [-0.15, -0.1) is 0 Å². The molecule has 8 rings (SSSR count). The summed E-state index contributed by atoms with van der Waals surface area (Å²) >= 11 is 0. The molecule has 0 aliphatic carbocycles. The topological polar surface area (TPSA) is 86.6 Å². The largest absolute Gasteiger partial charge is 0.508 e. The summed E-state index contributed by atoms with van der Waals surface area (Å²) in [7, 11) is 0. The van der Waals surface area contributed by atoms with Crippen LogP contribution >= 0.6 is 0 Å². The van der Waals surface area contributed by atoms with E-state index in [9.17, 15) is 9.50 Å². The molecule has 0 radical (unpaired) electrons. The number of phenols is 1. The number of nitrogens with zero attached hydrogens (tertiary/aromatic N) is 5. The molecule has 4 aliphatic heterocycles. The predicted molar refractivity (Wildman–Crippen MR) is 167 cm³/mol. The molecule has 230 valence electrons. The maximum Gasteiger partial charge on any atom is 0.319 e. The van der Waals surface area contributed by atoms with E-state index < -0.39 is 12.0 Å². The summed E-state index contributed by atoms with van der Waals surface area (Å²) < 4.78 is 37.8. The van der Waals surface area contributed by atoms with Gasteiger partial charge in [0.25, 0.3) is 0 Å². The summed E-state index contributed by atoms with van der Waals surface area (Å²) in [6, 6.07) is 9.98. The van der Waals surface area contributed by atoms with Crippen molar-refractivity contribution in [2.24, 2.45) is 0 Å². The Balaban J connectivity index is 1.29. The minimum Gasteiger partial charge on any atom is -0.508 e. The van der Waals surface area contributed by atoms with Crippen LogP contribution in [0.2, 0.25) is 0 Å². The van der Waals surface area contributed by atoms with Crippen LogP contribution < -0.4 is 15.0 Å². The van der Waals surface area contributed by atoms with Crippen LogP contribution in [0.25, 0.3) is 32.9 Å². The molecule has 2 unspecified atom stereocenters. The molecule has 2 N–H and O–H groups in total. The Labute approximate surface area is 255 Å². The smallest absolute Gasteiger partial charge is 0.319 e. The zero-order valence-electron chi connectivity index (χ0n) is 25.2. The maximum absolute atomic E-state index is 17.0. The van der Waals surface area contributed by atoms with Gasteiger partial charge in [-0.2, -0.15) is 9.97 Å². The molecular weight excluding hydrogens is 562 g/mol. The number of pyridine rings is 1. The van der Waals surface area contributed by atoms with Crippen molar-refractivity contribution < 1.29 is 18.6 Å². The van der Waals surface area contributed by atoms with Crippen molar-refractivity contribution in [3.63, 3.8) is 0 Å². The van der Waals surface area contributed by atoms with Gasteiger partial charge < -0.3 is 20.1 Å². The number of nitrogens with one attached hydrogen (secondary N) is 1. The van der Waals surface area contributed by atoms with Gasteiger partial charge in [0.05, 0.1) is 16.6 Å². The van der Waals surface area contributed by atoms with Gasteiger partial charge >= 0.3 is 6.01 Å². The minimum absolute atomic E-state index is 0.0477. The van der Waals surface area contributed by atoms with Crippen molar-refractivity contribution in [1.29, 1.82) is 0 Å². The molecule has 0 spiro atoms. The van der Waals surface area contributed by atoms with Crippen molar-refractivity contribution in [2.45, 2.75) is 76.2 Å². The summed E-state index contributed by atoms with van der Waals surface area (Å²) in [5.41, 5.74) is 2.11. The number of phenolic OH excluding ortho intramolecular Hbond substituents is 1. The minimum atomic E-state index is -0.873. The second-order valence-corrected chi connectivity index (χ2v) is 13.2. The first kappa shape index (κ1) is 27.9. The number of anilines is 1. The Kier molecular flexibility index (Phi) is 6.64. The monoisotopic (exact) mass is 600 g/mol. The van der Waals surface area contributed by atoms with Crippen LogP contribution in [0.15, 0.2) is 30.3 Å². The van der Waals surface area contributed by atoms with Crippen LogP contribution in [0.3, 0.4) is 0 Å². The van der Waals surface area contributed by atoms with Gasteiger partial charge in [0.1, 0.15) is 35.6 Å². The van der Waals surface area contributed by atoms with E-state index in [1.165, 1.54) is 0 Å². The number of rotatable bonds is 6. The van der Waals surface area contributed by atoms with Gasteiger partial charge in [-0.1, -0.05) is 25.1 Å². The molecular formula is C34H38F2N6O2. The molecule has 2 bridgehead atoms. The molecule has 6 heterocycles. The SMILES string of the molecule is CCc1cccc2cc(O)cc(-c3nc(C)c4c(N5CC6CCC(C5)N6)nc(OC[C@@]56CCCN5C[C@H](F)C6)nc4c3F)c12. The Morgan fingerprint density at radius 3 is 2.70 bits per heavy atom. The van der Waals surface area contributed by atoms with E-state index in [-0.39, 0.29) is 35.1 Å². The predicted octanol–water partition coefficient (Wildman–Crippen LogP) is 5.46. The molecule has 4 fully saturated rings. The number of ether oxygens (including phenoxy) is 1. The fourth-order valence-corrected chi connectivity index (χ4v) is 8.37. The quantitative estimate of drug-likeness (QED) is 0.302. The van der Waals surface area contributed by atoms with Gasteiger partial charge in [-0.25, -0.2) is 13.8 Å². The van der Waals surface area contributed by atoms with Crippen molar-refractivity contribution in [3.8, 4) is 23.0 Å². The Morgan fingerprint density at radius 1 is 1.09 bits per heavy atom. The first-order valence-electron chi connectivity index (χ1n) is 16.0. The number of piperazine rings is 1. The Bertz CT molecular complexity index is 1770. The van der Waals surface area contributed by atoms with Gasteiger partial charge in [0.15, 0.2) is 5.82 Å². The zero-order chi connectivity index (χ0) is 30.2. The average molecular weight is 601 g/mol. The summed E-state index contributed by atoms with van der Waals surface area (Å²) in [6.07, 6.45) is 4.36. The number of alkyl halides is 1. The van der Waals surface area contributed by atoms with E-state index in [4.69, 9.17) is 19.7 Å². The highest BCUT2D eigenvalue weighted by Crippen LogP contribution is 2.42. The normalized spacial score (nSPS) is 26.6. The van der Waals surface area contributed by atoms with Crippen LogP contribution in [0.4, 0.5) is 14.6 Å². The van der Waals surface area contributed by atoms with Crippen LogP contribution in [0, 0.1) is 12.7 Å². The lowest BCUT2D eigenvalue weighted by Crippen LogP contribution is -2.51. The second-order valence-electron chi connectivity index (χ2n) is 13.2. The van der Waals surface area contributed by atoms with Crippen molar-refractivity contribution >= 4 is 27.5 Å². The van der Waals surface area contributed by atoms with Gasteiger partial charge in [-0.05, 0) is 74.0 Å². The number of aryl methyl sites for hydroxylation is 2. The highest BCUT2D eigenvalue weighted by Gasteiger charge is 2.49. The first-order valence-corrected chi connectivity index (χ1v) is 16.0. The van der Waals surface area contributed by atoms with E-state index in [0.29, 0.717) is 47.5 Å². The summed E-state index contributed by atoms with van der Waals surface area (Å²) in [4.78, 5) is 18.9. The fraction of sp³-hybridized carbons (Fsp3) is 0.500. The molecule has 4 aliphatic rings. The third-order valence-electron chi connectivity index (χ3n) is 10.4. The first-order chi connectivity index (χ1) is 21.3. The summed E-state index contributed by atoms with van der Waals surface area (Å²) in [6.45, 7) is 6.99. The lowest BCUT2D eigenvalue weighted by molar-refractivity contribution is 0.107. The van der Waals surface area contributed by atoms with E-state index in [2.05, 4.69) is 22.0 Å². The molecule has 10 heteroatoms. The molecule has 44 heavy (non-hydrogen) atoms. The third kappa shape index (κ3) is 4.48. The average Bonchev–Trinajstić information content (AvgIpc) is 3.66. The summed E-state index contributed by atoms with van der Waals surface area (Å²) in [5, 5.41) is 16.6. The molecule has 4 atom stereocenters. The molecule has 8 nitrogen and oxygen atoms in total. The Hall–Kier alpha value is -3.63. The van der Waals surface area contributed by atoms with Crippen molar-refractivity contribution in [3.05, 3.63) is 47.4 Å². The number of aromatic nitrogens is 3. The second kappa shape index (κ2) is 10.5. The molecule has 4 aromatic rings. The number of hydrogen-bond donors (Lipinski definition) is 2. The van der Waals surface area contributed by atoms with Crippen molar-refractivity contribution in [1.82, 2.24) is 25.2 Å². The van der Waals surface area contributed by atoms with Crippen LogP contribution in [0.5, 0.6) is 11.8 Å². The zero-order valence-corrected chi connectivity index (χ0v) is 25.2. The molecule has 2 aromatic carbocycles. The lowest BCUT2D eigenvalue weighted by atomic mass is 9.94. The maximum atomic E-state index is 17.0. The molecule has 2 aromatic heterocycles. The highest BCUT2D eigenvalue weighted by atomic mass is 19.1. The van der Waals surface area contributed by atoms with Crippen molar-refractivity contribution in [2.75, 3.05) is 37.7 Å². The van der Waals surface area contributed by atoms with Crippen LogP contribution in [0.1, 0.15) is 50.3 Å². The van der Waals surface area contributed by atoms with Gasteiger partial charge in [0, 0.05) is 43.7 Å².